The minimum atomic E-state index is 0.510. The summed E-state index contributed by atoms with van der Waals surface area (Å²) in [5, 5.41) is 11.0. The fourth-order valence-corrected chi connectivity index (χ4v) is 2.79. The van der Waals surface area contributed by atoms with Crippen molar-refractivity contribution in [1.82, 2.24) is 18.9 Å². The molecule has 0 unspecified atom stereocenters. The Bertz CT molecular complexity index is 679. The Hall–Kier alpha value is -1.37. The topological polar surface area (TPSA) is 66.5 Å². The van der Waals surface area contributed by atoms with Crippen LogP contribution in [0.2, 0.25) is 10.0 Å². The Morgan fingerprint density at radius 2 is 2.06 bits per heavy atom. The van der Waals surface area contributed by atoms with Crippen molar-refractivity contribution in [2.24, 2.45) is 0 Å². The standard InChI is InChI=1S/C10H7Cl2N5S/c11-6-3-7(12)9-10(17-18-16-9)8(6)13-4-5-1-2-14-15-5/h1-3,13H,4H2,(H,14,15). The molecule has 2 heterocycles. The molecule has 0 spiro atoms. The van der Waals surface area contributed by atoms with Crippen molar-refractivity contribution in [3.8, 4) is 0 Å². The van der Waals surface area contributed by atoms with E-state index < -0.39 is 0 Å². The van der Waals surface area contributed by atoms with Gasteiger partial charge in [-0.3, -0.25) is 5.10 Å². The monoisotopic (exact) mass is 299 g/mol. The van der Waals surface area contributed by atoms with Crippen LogP contribution in [0.5, 0.6) is 0 Å². The number of hydrogen-bond donors (Lipinski definition) is 2. The molecule has 3 rings (SSSR count). The van der Waals surface area contributed by atoms with Crippen molar-refractivity contribution in [2.45, 2.75) is 6.54 Å². The molecule has 0 aliphatic rings. The second kappa shape index (κ2) is 4.72. The maximum absolute atomic E-state index is 6.17. The predicted molar refractivity (Wildman–Crippen MR) is 73.3 cm³/mol. The molecule has 92 valence electrons. The number of hydrogen-bond acceptors (Lipinski definition) is 5. The Balaban J connectivity index is 1.98. The zero-order valence-electron chi connectivity index (χ0n) is 8.94. The first-order chi connectivity index (χ1) is 8.75. The predicted octanol–water partition coefficient (Wildman–Crippen LogP) is 3.33. The molecule has 3 aromatic rings. The van der Waals surface area contributed by atoms with Gasteiger partial charge in [0.05, 0.1) is 39.7 Å². The van der Waals surface area contributed by atoms with Crippen LogP contribution in [0.15, 0.2) is 18.3 Å². The average molecular weight is 300 g/mol. The van der Waals surface area contributed by atoms with Gasteiger partial charge in [0.2, 0.25) is 0 Å². The van der Waals surface area contributed by atoms with E-state index in [1.54, 1.807) is 12.3 Å². The third-order valence-corrected chi connectivity index (χ3v) is 3.57. The summed E-state index contributed by atoms with van der Waals surface area (Å²) in [6, 6.07) is 3.55. The molecular formula is C10H7Cl2N5S. The molecule has 0 radical (unpaired) electrons. The van der Waals surface area contributed by atoms with Crippen LogP contribution in [0.1, 0.15) is 5.69 Å². The van der Waals surface area contributed by atoms with E-state index >= 15 is 0 Å². The summed E-state index contributed by atoms with van der Waals surface area (Å²) in [5.74, 6) is 0. The van der Waals surface area contributed by atoms with Gasteiger partial charge in [0.25, 0.3) is 0 Å². The van der Waals surface area contributed by atoms with Gasteiger partial charge in [0, 0.05) is 6.20 Å². The Kier molecular flexibility index (Phi) is 3.07. The molecule has 2 aromatic heterocycles. The zero-order chi connectivity index (χ0) is 12.5. The number of benzene rings is 1. The third kappa shape index (κ3) is 2.03. The maximum atomic E-state index is 6.17. The van der Waals surface area contributed by atoms with E-state index in [1.807, 2.05) is 6.07 Å². The van der Waals surface area contributed by atoms with Crippen LogP contribution >= 0.6 is 34.9 Å². The van der Waals surface area contributed by atoms with Gasteiger partial charge in [0.15, 0.2) is 0 Å². The molecule has 8 heteroatoms. The van der Waals surface area contributed by atoms with E-state index in [2.05, 4.69) is 24.3 Å². The minimum absolute atomic E-state index is 0.510. The van der Waals surface area contributed by atoms with Crippen molar-refractivity contribution < 1.29 is 0 Å². The highest BCUT2D eigenvalue weighted by Crippen LogP contribution is 2.35. The first-order valence-electron chi connectivity index (χ1n) is 5.08. The lowest BCUT2D eigenvalue weighted by atomic mass is 10.2. The number of anilines is 1. The SMILES string of the molecule is Clc1cc(Cl)c2nsnc2c1NCc1ccn[nH]1. The van der Waals surface area contributed by atoms with Gasteiger partial charge in [0.1, 0.15) is 11.0 Å². The third-order valence-electron chi connectivity index (χ3n) is 2.46. The van der Waals surface area contributed by atoms with Gasteiger partial charge >= 0.3 is 0 Å². The number of nitrogens with one attached hydrogen (secondary N) is 2. The van der Waals surface area contributed by atoms with Crippen molar-refractivity contribution in [1.29, 1.82) is 0 Å². The molecule has 0 saturated heterocycles. The van der Waals surface area contributed by atoms with E-state index in [-0.39, 0.29) is 0 Å². The second-order valence-corrected chi connectivity index (χ2v) is 4.95. The molecule has 0 saturated carbocycles. The van der Waals surface area contributed by atoms with Crippen molar-refractivity contribution in [3.63, 3.8) is 0 Å². The molecule has 2 N–H and O–H groups in total. The van der Waals surface area contributed by atoms with E-state index in [0.717, 1.165) is 23.1 Å². The van der Waals surface area contributed by atoms with Crippen LogP contribution in [0.25, 0.3) is 11.0 Å². The van der Waals surface area contributed by atoms with Crippen LogP contribution in [0.3, 0.4) is 0 Å². The summed E-state index contributed by atoms with van der Waals surface area (Å²) in [4.78, 5) is 0. The average Bonchev–Trinajstić information content (AvgIpc) is 2.98. The van der Waals surface area contributed by atoms with E-state index in [4.69, 9.17) is 23.2 Å². The Morgan fingerprint density at radius 3 is 2.83 bits per heavy atom. The van der Waals surface area contributed by atoms with Crippen LogP contribution in [0, 0.1) is 0 Å². The summed E-state index contributed by atoms with van der Waals surface area (Å²) < 4.78 is 8.36. The van der Waals surface area contributed by atoms with Gasteiger partial charge < -0.3 is 5.32 Å². The van der Waals surface area contributed by atoms with Gasteiger partial charge in [-0.2, -0.15) is 13.8 Å². The van der Waals surface area contributed by atoms with Crippen LogP contribution in [-0.4, -0.2) is 18.9 Å². The molecule has 5 nitrogen and oxygen atoms in total. The molecule has 18 heavy (non-hydrogen) atoms. The zero-order valence-corrected chi connectivity index (χ0v) is 11.3. The van der Waals surface area contributed by atoms with Gasteiger partial charge in [-0.25, -0.2) is 0 Å². The van der Waals surface area contributed by atoms with Gasteiger partial charge in [-0.1, -0.05) is 23.2 Å². The fourth-order valence-electron chi connectivity index (χ4n) is 1.61. The molecule has 0 amide bonds. The summed E-state index contributed by atoms with van der Waals surface area (Å²) in [6.45, 7) is 0.577. The number of fused-ring (bicyclic) bond motifs is 1. The van der Waals surface area contributed by atoms with E-state index in [0.29, 0.717) is 27.6 Å². The van der Waals surface area contributed by atoms with Crippen molar-refractivity contribution >= 4 is 51.7 Å². The Morgan fingerprint density at radius 1 is 1.22 bits per heavy atom. The minimum Gasteiger partial charge on any atom is -0.376 e. The smallest absolute Gasteiger partial charge is 0.130 e. The summed E-state index contributed by atoms with van der Waals surface area (Å²) in [7, 11) is 0. The van der Waals surface area contributed by atoms with Crippen molar-refractivity contribution in [2.75, 3.05) is 5.32 Å². The largest absolute Gasteiger partial charge is 0.376 e. The highest BCUT2D eigenvalue weighted by molar-refractivity contribution is 7.00. The number of aromatic amines is 1. The molecule has 0 aliphatic heterocycles. The van der Waals surface area contributed by atoms with Gasteiger partial charge in [-0.05, 0) is 12.1 Å². The first kappa shape index (κ1) is 11.7. The number of rotatable bonds is 3. The van der Waals surface area contributed by atoms with E-state index in [9.17, 15) is 0 Å². The first-order valence-corrected chi connectivity index (χ1v) is 6.56. The highest BCUT2D eigenvalue weighted by atomic mass is 35.5. The van der Waals surface area contributed by atoms with Crippen LogP contribution in [0.4, 0.5) is 5.69 Å². The molecule has 0 fully saturated rings. The molecular weight excluding hydrogens is 293 g/mol. The highest BCUT2D eigenvalue weighted by Gasteiger charge is 2.13. The summed E-state index contributed by atoms with van der Waals surface area (Å²) >= 11 is 13.3. The molecule has 0 bridgehead atoms. The number of halogens is 2. The number of nitrogens with zero attached hydrogens (tertiary/aromatic N) is 3. The van der Waals surface area contributed by atoms with Crippen molar-refractivity contribution in [3.05, 3.63) is 34.1 Å². The number of aromatic nitrogens is 4. The summed E-state index contributed by atoms with van der Waals surface area (Å²) in [6.07, 6.45) is 1.69. The lowest BCUT2D eigenvalue weighted by Gasteiger charge is -2.08. The maximum Gasteiger partial charge on any atom is 0.130 e. The quantitative estimate of drug-likeness (QED) is 0.778. The lowest BCUT2D eigenvalue weighted by molar-refractivity contribution is 0.982. The molecule has 1 aromatic carbocycles. The lowest BCUT2D eigenvalue weighted by Crippen LogP contribution is -2.01. The normalized spacial score (nSPS) is 11.0. The molecule has 0 atom stereocenters. The van der Waals surface area contributed by atoms with Crippen LogP contribution < -0.4 is 5.32 Å². The van der Waals surface area contributed by atoms with Gasteiger partial charge in [-0.15, -0.1) is 0 Å². The number of H-pyrrole nitrogens is 1. The van der Waals surface area contributed by atoms with E-state index in [1.165, 1.54) is 0 Å². The summed E-state index contributed by atoms with van der Waals surface area (Å²) in [5.41, 5.74) is 3.05. The Labute approximate surface area is 116 Å². The van der Waals surface area contributed by atoms with Crippen LogP contribution in [-0.2, 0) is 6.54 Å². The fraction of sp³-hybridized carbons (Fsp3) is 0.100. The second-order valence-electron chi connectivity index (χ2n) is 3.61. The molecule has 0 aliphatic carbocycles.